The smallest absolute Gasteiger partial charge is 0.218 e. The molecule has 1 aliphatic rings. The van der Waals surface area contributed by atoms with Crippen molar-refractivity contribution < 1.29 is 4.74 Å². The molecular formula is C17H29IN4O. The average molecular weight is 432 g/mol. The first kappa shape index (κ1) is 20.0. The lowest BCUT2D eigenvalue weighted by molar-refractivity contribution is 0.131. The Morgan fingerprint density at radius 1 is 1.35 bits per heavy atom. The summed E-state index contributed by atoms with van der Waals surface area (Å²) in [6, 6.07) is 3.91. The SMILES string of the molecule is CCNC(=NCc1cccnc1OC)NCC1(CC)CCC1.I. The number of aromatic nitrogens is 1. The maximum atomic E-state index is 5.27. The maximum absolute atomic E-state index is 5.27. The van der Waals surface area contributed by atoms with E-state index in [4.69, 9.17) is 4.74 Å². The molecule has 0 spiro atoms. The Labute approximate surface area is 156 Å². The van der Waals surface area contributed by atoms with Crippen molar-refractivity contribution in [2.45, 2.75) is 46.1 Å². The number of hydrogen-bond donors (Lipinski definition) is 2. The number of guanidine groups is 1. The Morgan fingerprint density at radius 2 is 2.13 bits per heavy atom. The van der Waals surface area contributed by atoms with Gasteiger partial charge in [0.25, 0.3) is 0 Å². The van der Waals surface area contributed by atoms with Crippen molar-refractivity contribution in [3.63, 3.8) is 0 Å². The molecular weight excluding hydrogens is 403 g/mol. The third-order valence-corrected chi connectivity index (χ3v) is 4.59. The van der Waals surface area contributed by atoms with Crippen molar-refractivity contribution in [1.82, 2.24) is 15.6 Å². The van der Waals surface area contributed by atoms with Gasteiger partial charge < -0.3 is 15.4 Å². The Morgan fingerprint density at radius 3 is 2.70 bits per heavy atom. The van der Waals surface area contributed by atoms with Gasteiger partial charge in [-0.2, -0.15) is 0 Å². The molecule has 0 bridgehead atoms. The van der Waals surface area contributed by atoms with E-state index in [-0.39, 0.29) is 24.0 Å². The molecule has 0 unspecified atom stereocenters. The fraction of sp³-hybridized carbons (Fsp3) is 0.647. The summed E-state index contributed by atoms with van der Waals surface area (Å²) in [5.74, 6) is 1.51. The van der Waals surface area contributed by atoms with Gasteiger partial charge in [-0.05, 0) is 37.7 Å². The third kappa shape index (κ3) is 5.51. The van der Waals surface area contributed by atoms with Gasteiger partial charge >= 0.3 is 0 Å². The molecule has 6 heteroatoms. The molecule has 0 saturated heterocycles. The van der Waals surface area contributed by atoms with Gasteiger partial charge in [-0.15, -0.1) is 24.0 Å². The molecule has 2 N–H and O–H groups in total. The van der Waals surface area contributed by atoms with Crippen LogP contribution in [0.15, 0.2) is 23.3 Å². The van der Waals surface area contributed by atoms with Gasteiger partial charge in [-0.3, -0.25) is 0 Å². The topological polar surface area (TPSA) is 58.5 Å². The van der Waals surface area contributed by atoms with E-state index in [0.29, 0.717) is 17.8 Å². The number of aliphatic imine (C=N–C) groups is 1. The highest BCUT2D eigenvalue weighted by Crippen LogP contribution is 2.42. The molecule has 0 aromatic carbocycles. The fourth-order valence-electron chi connectivity index (χ4n) is 2.84. The van der Waals surface area contributed by atoms with E-state index in [0.717, 1.165) is 24.6 Å². The molecule has 1 aliphatic carbocycles. The number of nitrogens with zero attached hydrogens (tertiary/aromatic N) is 2. The zero-order valence-corrected chi connectivity index (χ0v) is 16.7. The van der Waals surface area contributed by atoms with Gasteiger partial charge in [0.15, 0.2) is 5.96 Å². The number of halogens is 1. The molecule has 0 radical (unpaired) electrons. The lowest BCUT2D eigenvalue weighted by atomic mass is 9.67. The van der Waals surface area contributed by atoms with E-state index in [1.54, 1.807) is 13.3 Å². The van der Waals surface area contributed by atoms with Crippen LogP contribution in [0.5, 0.6) is 5.88 Å². The standard InChI is InChI=1S/C17H28N4O.HI/c1-4-17(9-7-10-17)13-21-16(18-5-2)20-12-14-8-6-11-19-15(14)22-3;/h6,8,11H,4-5,7,9-10,12-13H2,1-3H3,(H2,18,20,21);1H. The second kappa shape index (κ2) is 9.95. The summed E-state index contributed by atoms with van der Waals surface area (Å²) in [6.45, 7) is 6.78. The highest BCUT2D eigenvalue weighted by atomic mass is 127. The van der Waals surface area contributed by atoms with Gasteiger partial charge in [-0.1, -0.05) is 19.4 Å². The van der Waals surface area contributed by atoms with Crippen LogP contribution in [0, 0.1) is 5.41 Å². The first-order chi connectivity index (χ1) is 10.7. The van der Waals surface area contributed by atoms with Crippen LogP contribution >= 0.6 is 24.0 Å². The summed E-state index contributed by atoms with van der Waals surface area (Å²) < 4.78 is 5.27. The molecule has 23 heavy (non-hydrogen) atoms. The van der Waals surface area contributed by atoms with Crippen LogP contribution in [-0.2, 0) is 6.54 Å². The van der Waals surface area contributed by atoms with Gasteiger partial charge in [-0.25, -0.2) is 9.98 Å². The van der Waals surface area contributed by atoms with E-state index in [1.807, 2.05) is 12.1 Å². The predicted molar refractivity (Wildman–Crippen MR) is 106 cm³/mol. The summed E-state index contributed by atoms with van der Waals surface area (Å²) in [6.07, 6.45) is 6.97. The molecule has 1 saturated carbocycles. The predicted octanol–water partition coefficient (Wildman–Crippen LogP) is 3.34. The van der Waals surface area contributed by atoms with Crippen molar-refractivity contribution in [2.24, 2.45) is 10.4 Å². The lowest BCUT2D eigenvalue weighted by Gasteiger charge is -2.41. The van der Waals surface area contributed by atoms with Gasteiger partial charge in [0.2, 0.25) is 5.88 Å². The van der Waals surface area contributed by atoms with Crippen molar-refractivity contribution in [1.29, 1.82) is 0 Å². The Kier molecular flexibility index (Phi) is 8.65. The number of hydrogen-bond acceptors (Lipinski definition) is 3. The zero-order chi connectivity index (χ0) is 15.8. The van der Waals surface area contributed by atoms with E-state index in [2.05, 4.69) is 34.5 Å². The van der Waals surface area contributed by atoms with Crippen LogP contribution in [0.2, 0.25) is 0 Å². The molecule has 0 amide bonds. The van der Waals surface area contributed by atoms with Crippen LogP contribution in [0.4, 0.5) is 0 Å². The maximum Gasteiger partial charge on any atom is 0.218 e. The van der Waals surface area contributed by atoms with Crippen molar-refractivity contribution in [3.8, 4) is 5.88 Å². The zero-order valence-electron chi connectivity index (χ0n) is 14.4. The van der Waals surface area contributed by atoms with E-state index in [1.165, 1.54) is 25.7 Å². The van der Waals surface area contributed by atoms with Crippen LogP contribution < -0.4 is 15.4 Å². The largest absolute Gasteiger partial charge is 0.481 e. The lowest BCUT2D eigenvalue weighted by Crippen LogP contribution is -2.46. The molecule has 5 nitrogen and oxygen atoms in total. The molecule has 0 atom stereocenters. The minimum Gasteiger partial charge on any atom is -0.481 e. The van der Waals surface area contributed by atoms with Crippen LogP contribution in [-0.4, -0.2) is 31.1 Å². The average Bonchev–Trinajstić information content (AvgIpc) is 2.52. The van der Waals surface area contributed by atoms with E-state index in [9.17, 15) is 0 Å². The minimum atomic E-state index is 0. The van der Waals surface area contributed by atoms with E-state index >= 15 is 0 Å². The summed E-state index contributed by atoms with van der Waals surface area (Å²) in [5, 5.41) is 6.81. The number of pyridine rings is 1. The monoisotopic (exact) mass is 432 g/mol. The second-order valence-corrected chi connectivity index (χ2v) is 5.93. The Balaban J connectivity index is 0.00000264. The van der Waals surface area contributed by atoms with Crippen LogP contribution in [0.1, 0.15) is 45.1 Å². The molecule has 130 valence electrons. The third-order valence-electron chi connectivity index (χ3n) is 4.59. The molecule has 1 heterocycles. The molecule has 0 aliphatic heterocycles. The normalized spacial score (nSPS) is 16.0. The van der Waals surface area contributed by atoms with Crippen LogP contribution in [0.25, 0.3) is 0 Å². The molecule has 1 fully saturated rings. The number of ether oxygens (including phenoxy) is 1. The Hall–Kier alpha value is -1.05. The fourth-order valence-corrected chi connectivity index (χ4v) is 2.84. The quantitative estimate of drug-likeness (QED) is 0.394. The minimum absolute atomic E-state index is 0. The molecule has 1 aromatic rings. The first-order valence-corrected chi connectivity index (χ1v) is 8.23. The van der Waals surface area contributed by atoms with Gasteiger partial charge in [0.05, 0.1) is 13.7 Å². The van der Waals surface area contributed by atoms with E-state index < -0.39 is 0 Å². The van der Waals surface area contributed by atoms with Crippen molar-refractivity contribution in [2.75, 3.05) is 20.2 Å². The molecule has 2 rings (SSSR count). The summed E-state index contributed by atoms with van der Waals surface area (Å²) in [4.78, 5) is 8.87. The summed E-state index contributed by atoms with van der Waals surface area (Å²) in [7, 11) is 1.64. The first-order valence-electron chi connectivity index (χ1n) is 8.23. The highest BCUT2D eigenvalue weighted by molar-refractivity contribution is 14.0. The van der Waals surface area contributed by atoms with Crippen molar-refractivity contribution in [3.05, 3.63) is 23.9 Å². The Bertz CT molecular complexity index is 498. The second-order valence-electron chi connectivity index (χ2n) is 5.93. The summed E-state index contributed by atoms with van der Waals surface area (Å²) in [5.41, 5.74) is 1.47. The van der Waals surface area contributed by atoms with Gasteiger partial charge in [0.1, 0.15) is 0 Å². The highest BCUT2D eigenvalue weighted by Gasteiger charge is 2.34. The van der Waals surface area contributed by atoms with Gasteiger partial charge in [0, 0.05) is 24.8 Å². The van der Waals surface area contributed by atoms with Crippen molar-refractivity contribution >= 4 is 29.9 Å². The number of nitrogens with one attached hydrogen (secondary N) is 2. The van der Waals surface area contributed by atoms with Crippen LogP contribution in [0.3, 0.4) is 0 Å². The molecule has 1 aromatic heterocycles. The number of rotatable bonds is 7. The number of methoxy groups -OCH3 is 1. The summed E-state index contributed by atoms with van der Waals surface area (Å²) >= 11 is 0.